The smallest absolute Gasteiger partial charge is 0.165 e. The summed E-state index contributed by atoms with van der Waals surface area (Å²) < 4.78 is 2.02. The third-order valence-electron chi connectivity index (χ3n) is 4.49. The molecule has 0 spiro atoms. The highest BCUT2D eigenvalue weighted by Crippen LogP contribution is 2.36. The minimum atomic E-state index is 0.758. The van der Waals surface area contributed by atoms with Crippen molar-refractivity contribution in [3.8, 4) is 0 Å². The van der Waals surface area contributed by atoms with Gasteiger partial charge >= 0.3 is 0 Å². The van der Waals surface area contributed by atoms with Crippen LogP contribution in [0.2, 0.25) is 0 Å². The van der Waals surface area contributed by atoms with Crippen molar-refractivity contribution in [3.05, 3.63) is 42.5 Å². The van der Waals surface area contributed by atoms with Crippen LogP contribution >= 0.6 is 0 Å². The molecule has 0 radical (unpaired) electrons. The molecule has 1 aromatic carbocycles. The summed E-state index contributed by atoms with van der Waals surface area (Å²) in [5, 5.41) is 3.36. The van der Waals surface area contributed by atoms with Gasteiger partial charge in [0.25, 0.3) is 0 Å². The summed E-state index contributed by atoms with van der Waals surface area (Å²) in [4.78, 5) is 13.1. The summed E-state index contributed by atoms with van der Waals surface area (Å²) in [5.74, 6) is 1.52. The topological polar surface area (TPSA) is 55.6 Å². The molecule has 0 atom stereocenters. The second kappa shape index (κ2) is 5.40. The summed E-state index contributed by atoms with van der Waals surface area (Å²) in [6, 6.07) is 8.68. The number of imidazole rings is 1. The van der Waals surface area contributed by atoms with E-state index in [0.717, 1.165) is 35.1 Å². The lowest BCUT2D eigenvalue weighted by Crippen LogP contribution is -2.08. The number of aromatic nitrogens is 4. The molecule has 1 fully saturated rings. The number of benzene rings is 1. The first-order valence-corrected chi connectivity index (χ1v) is 7.88. The van der Waals surface area contributed by atoms with E-state index in [4.69, 9.17) is 0 Å². The van der Waals surface area contributed by atoms with Crippen molar-refractivity contribution in [1.82, 2.24) is 19.5 Å². The van der Waals surface area contributed by atoms with Crippen LogP contribution in [0.5, 0.6) is 0 Å². The highest BCUT2D eigenvalue weighted by atomic mass is 15.1. The number of nitrogens with zero attached hydrogens (tertiary/aromatic N) is 4. The molecule has 2 heterocycles. The average Bonchev–Trinajstić information content (AvgIpc) is 2.92. The molecule has 112 valence electrons. The Morgan fingerprint density at radius 1 is 1.14 bits per heavy atom. The number of hydrogen-bond acceptors (Lipinski definition) is 4. The summed E-state index contributed by atoms with van der Waals surface area (Å²) in [7, 11) is 0. The predicted octanol–water partition coefficient (Wildman–Crippen LogP) is 3.86. The van der Waals surface area contributed by atoms with Gasteiger partial charge in [-0.05, 0) is 43.4 Å². The molecule has 0 saturated heterocycles. The number of nitrogens with one attached hydrogen (secondary N) is 1. The summed E-state index contributed by atoms with van der Waals surface area (Å²) in [5.41, 5.74) is 4.16. The standard InChI is InChI=1S/C17H19N5/c1-2-22-11-20-15-16(18-10-19-17(15)22)21-14-8-6-13(7-9-14)12-4-3-5-12/h6-12H,2-5H2,1H3,(H,18,19,21). The van der Waals surface area contributed by atoms with Crippen LogP contribution in [0, 0.1) is 0 Å². The molecular weight excluding hydrogens is 274 g/mol. The van der Waals surface area contributed by atoms with Crippen LogP contribution in [-0.2, 0) is 6.54 Å². The Bertz CT molecular complexity index is 786. The molecule has 0 unspecified atom stereocenters. The minimum Gasteiger partial charge on any atom is -0.338 e. The molecule has 3 aromatic rings. The zero-order valence-electron chi connectivity index (χ0n) is 12.7. The van der Waals surface area contributed by atoms with Crippen molar-refractivity contribution < 1.29 is 0 Å². The SMILES string of the molecule is CCn1cnc2c(Nc3ccc(C4CCC4)cc3)ncnc21. The van der Waals surface area contributed by atoms with Crippen LogP contribution in [0.15, 0.2) is 36.9 Å². The lowest BCUT2D eigenvalue weighted by Gasteiger charge is -2.25. The van der Waals surface area contributed by atoms with Gasteiger partial charge in [-0.2, -0.15) is 0 Å². The van der Waals surface area contributed by atoms with Crippen LogP contribution in [-0.4, -0.2) is 19.5 Å². The van der Waals surface area contributed by atoms with Gasteiger partial charge in [0.05, 0.1) is 6.33 Å². The van der Waals surface area contributed by atoms with E-state index < -0.39 is 0 Å². The molecule has 5 nitrogen and oxygen atoms in total. The number of hydrogen-bond donors (Lipinski definition) is 1. The van der Waals surface area contributed by atoms with Gasteiger partial charge in [-0.15, -0.1) is 0 Å². The summed E-state index contributed by atoms with van der Waals surface area (Å²) in [6.07, 6.45) is 7.41. The first-order valence-electron chi connectivity index (χ1n) is 7.88. The van der Waals surface area contributed by atoms with Crippen LogP contribution in [0.1, 0.15) is 37.7 Å². The van der Waals surface area contributed by atoms with Gasteiger partial charge in [0.2, 0.25) is 0 Å². The maximum absolute atomic E-state index is 4.43. The monoisotopic (exact) mass is 293 g/mol. The van der Waals surface area contributed by atoms with Crippen LogP contribution in [0.4, 0.5) is 11.5 Å². The summed E-state index contributed by atoms with van der Waals surface area (Å²) in [6.45, 7) is 2.93. The molecule has 1 aliphatic carbocycles. The third-order valence-corrected chi connectivity index (χ3v) is 4.49. The average molecular weight is 293 g/mol. The van der Waals surface area contributed by atoms with Crippen LogP contribution in [0.3, 0.4) is 0 Å². The fourth-order valence-electron chi connectivity index (χ4n) is 2.92. The van der Waals surface area contributed by atoms with Crippen molar-refractivity contribution in [2.24, 2.45) is 0 Å². The van der Waals surface area contributed by atoms with Crippen LogP contribution < -0.4 is 5.32 Å². The van der Waals surface area contributed by atoms with Gasteiger partial charge in [-0.25, -0.2) is 15.0 Å². The second-order valence-corrected chi connectivity index (χ2v) is 5.80. The van der Waals surface area contributed by atoms with Gasteiger partial charge < -0.3 is 9.88 Å². The minimum absolute atomic E-state index is 0.758. The normalized spacial score (nSPS) is 15.0. The molecule has 4 rings (SSSR count). The van der Waals surface area contributed by atoms with E-state index in [1.807, 2.05) is 10.9 Å². The first kappa shape index (κ1) is 13.2. The maximum Gasteiger partial charge on any atom is 0.165 e. The number of fused-ring (bicyclic) bond motifs is 1. The van der Waals surface area contributed by atoms with E-state index in [1.54, 1.807) is 6.33 Å². The Kier molecular flexibility index (Phi) is 3.25. The van der Waals surface area contributed by atoms with Gasteiger partial charge in [0.1, 0.15) is 6.33 Å². The van der Waals surface area contributed by atoms with E-state index in [9.17, 15) is 0 Å². The molecule has 22 heavy (non-hydrogen) atoms. The number of aryl methyl sites for hydroxylation is 1. The number of rotatable bonds is 4. The lowest BCUT2D eigenvalue weighted by molar-refractivity contribution is 0.420. The lowest BCUT2D eigenvalue weighted by atomic mass is 9.80. The third kappa shape index (κ3) is 2.22. The van der Waals surface area contributed by atoms with E-state index in [-0.39, 0.29) is 0 Å². The first-order chi connectivity index (χ1) is 10.8. The van der Waals surface area contributed by atoms with Crippen molar-refractivity contribution in [1.29, 1.82) is 0 Å². The van der Waals surface area contributed by atoms with Crippen molar-refractivity contribution >= 4 is 22.7 Å². The highest BCUT2D eigenvalue weighted by Gasteiger charge is 2.19. The van der Waals surface area contributed by atoms with Gasteiger partial charge in [-0.1, -0.05) is 18.6 Å². The van der Waals surface area contributed by atoms with Crippen molar-refractivity contribution in [2.75, 3.05) is 5.32 Å². The van der Waals surface area contributed by atoms with E-state index in [0.29, 0.717) is 0 Å². The Morgan fingerprint density at radius 2 is 1.95 bits per heavy atom. The molecule has 1 N–H and O–H groups in total. The Morgan fingerprint density at radius 3 is 2.64 bits per heavy atom. The molecule has 1 aliphatic rings. The molecule has 5 heteroatoms. The van der Waals surface area contributed by atoms with E-state index in [2.05, 4.69) is 51.5 Å². The van der Waals surface area contributed by atoms with E-state index in [1.165, 1.54) is 24.8 Å². The van der Waals surface area contributed by atoms with Crippen molar-refractivity contribution in [2.45, 2.75) is 38.6 Å². The van der Waals surface area contributed by atoms with Gasteiger partial charge in [0.15, 0.2) is 17.0 Å². The predicted molar refractivity (Wildman–Crippen MR) is 87.3 cm³/mol. The molecular formula is C17H19N5. The Balaban J connectivity index is 1.61. The quantitative estimate of drug-likeness (QED) is 0.793. The summed E-state index contributed by atoms with van der Waals surface area (Å²) >= 11 is 0. The fourth-order valence-corrected chi connectivity index (χ4v) is 2.92. The highest BCUT2D eigenvalue weighted by molar-refractivity contribution is 5.85. The molecule has 0 bridgehead atoms. The van der Waals surface area contributed by atoms with Crippen LogP contribution in [0.25, 0.3) is 11.2 Å². The van der Waals surface area contributed by atoms with Gasteiger partial charge in [-0.3, -0.25) is 0 Å². The molecule has 1 saturated carbocycles. The Hall–Kier alpha value is -2.43. The zero-order valence-corrected chi connectivity index (χ0v) is 12.7. The fraction of sp³-hybridized carbons (Fsp3) is 0.353. The Labute approximate surface area is 129 Å². The van der Waals surface area contributed by atoms with Gasteiger partial charge in [0, 0.05) is 12.2 Å². The van der Waals surface area contributed by atoms with E-state index >= 15 is 0 Å². The molecule has 0 aliphatic heterocycles. The zero-order chi connectivity index (χ0) is 14.9. The maximum atomic E-state index is 4.43. The second-order valence-electron chi connectivity index (χ2n) is 5.80. The molecule has 0 amide bonds. The largest absolute Gasteiger partial charge is 0.338 e. The molecule has 2 aromatic heterocycles. The number of anilines is 2. The van der Waals surface area contributed by atoms with Crippen molar-refractivity contribution in [3.63, 3.8) is 0 Å².